The molecule has 0 bridgehead atoms. The van der Waals surface area contributed by atoms with Gasteiger partial charge in [0.25, 0.3) is 5.91 Å². The molecule has 4 nitrogen and oxygen atoms in total. The summed E-state index contributed by atoms with van der Waals surface area (Å²) in [5.74, 6) is 1.07. The summed E-state index contributed by atoms with van der Waals surface area (Å²) in [6.07, 6.45) is 1.96. The van der Waals surface area contributed by atoms with Crippen molar-refractivity contribution in [3.63, 3.8) is 0 Å². The molecule has 0 saturated carbocycles. The summed E-state index contributed by atoms with van der Waals surface area (Å²) in [7, 11) is 0. The third-order valence-electron chi connectivity index (χ3n) is 2.92. The highest BCUT2D eigenvalue weighted by Crippen LogP contribution is 2.11. The summed E-state index contributed by atoms with van der Waals surface area (Å²) >= 11 is 0. The van der Waals surface area contributed by atoms with Gasteiger partial charge in [0.1, 0.15) is 5.76 Å². The fraction of sp³-hybridized carbons (Fsp3) is 0.583. The minimum atomic E-state index is -0.104. The maximum atomic E-state index is 11.8. The quantitative estimate of drug-likeness (QED) is 0.852. The van der Waals surface area contributed by atoms with E-state index in [0.29, 0.717) is 11.8 Å². The van der Waals surface area contributed by atoms with Crippen molar-refractivity contribution in [2.24, 2.45) is 0 Å². The standard InChI is InChI=1S/C12H18N2O2.ClH/c1-8-7-10(5-6-13-8)14-12(15)11-4-3-9(2)16-11;/h3-4,8,10,13H,5-7H2,1-2H3,(H,14,15);1H. The van der Waals surface area contributed by atoms with Crippen LogP contribution in [0.15, 0.2) is 16.5 Å². The number of piperidine rings is 1. The molecule has 1 aliphatic heterocycles. The number of aryl methyl sites for hydroxylation is 1. The van der Waals surface area contributed by atoms with Crippen molar-refractivity contribution in [2.45, 2.75) is 38.8 Å². The van der Waals surface area contributed by atoms with Crippen LogP contribution in [0.1, 0.15) is 36.1 Å². The average Bonchev–Trinajstić information content (AvgIpc) is 2.65. The number of nitrogens with one attached hydrogen (secondary N) is 2. The van der Waals surface area contributed by atoms with E-state index in [1.54, 1.807) is 12.1 Å². The molecule has 0 aromatic carbocycles. The van der Waals surface area contributed by atoms with Gasteiger partial charge in [-0.25, -0.2) is 0 Å². The van der Waals surface area contributed by atoms with Gasteiger partial charge < -0.3 is 15.1 Å². The van der Waals surface area contributed by atoms with Crippen molar-refractivity contribution in [1.82, 2.24) is 10.6 Å². The summed E-state index contributed by atoms with van der Waals surface area (Å²) in [6.45, 7) is 4.93. The predicted octanol–water partition coefficient (Wildman–Crippen LogP) is 1.88. The van der Waals surface area contributed by atoms with Gasteiger partial charge in [-0.1, -0.05) is 0 Å². The maximum absolute atomic E-state index is 11.8. The lowest BCUT2D eigenvalue weighted by Crippen LogP contribution is -2.46. The summed E-state index contributed by atoms with van der Waals surface area (Å²) in [5.41, 5.74) is 0. The van der Waals surface area contributed by atoms with E-state index in [1.165, 1.54) is 0 Å². The number of halogens is 1. The molecule has 2 heterocycles. The monoisotopic (exact) mass is 258 g/mol. The van der Waals surface area contributed by atoms with Gasteiger partial charge in [0.05, 0.1) is 0 Å². The lowest BCUT2D eigenvalue weighted by molar-refractivity contribution is 0.0896. The van der Waals surface area contributed by atoms with Crippen molar-refractivity contribution in [3.05, 3.63) is 23.7 Å². The van der Waals surface area contributed by atoms with Crippen LogP contribution in [-0.4, -0.2) is 24.5 Å². The second-order valence-electron chi connectivity index (χ2n) is 4.46. The van der Waals surface area contributed by atoms with Crippen molar-refractivity contribution in [1.29, 1.82) is 0 Å². The Hall–Kier alpha value is -1.00. The highest BCUT2D eigenvalue weighted by molar-refractivity contribution is 5.91. The Morgan fingerprint density at radius 2 is 2.29 bits per heavy atom. The molecule has 2 atom stereocenters. The molecule has 1 aromatic heterocycles. The first-order valence-electron chi connectivity index (χ1n) is 5.76. The van der Waals surface area contributed by atoms with Crippen LogP contribution < -0.4 is 10.6 Å². The summed E-state index contributed by atoms with van der Waals surface area (Å²) < 4.78 is 5.29. The Morgan fingerprint density at radius 1 is 1.53 bits per heavy atom. The van der Waals surface area contributed by atoms with Gasteiger partial charge in [-0.2, -0.15) is 0 Å². The normalized spacial score (nSPS) is 23.9. The molecule has 1 aliphatic rings. The van der Waals surface area contributed by atoms with E-state index in [9.17, 15) is 4.79 Å². The molecular formula is C12H19ClN2O2. The minimum absolute atomic E-state index is 0. The molecule has 96 valence electrons. The molecule has 17 heavy (non-hydrogen) atoms. The zero-order valence-electron chi connectivity index (χ0n) is 10.2. The molecule has 0 radical (unpaired) electrons. The van der Waals surface area contributed by atoms with Gasteiger partial charge in [-0.3, -0.25) is 4.79 Å². The largest absolute Gasteiger partial charge is 0.456 e. The van der Waals surface area contributed by atoms with Crippen LogP contribution in [0.25, 0.3) is 0 Å². The molecular weight excluding hydrogens is 240 g/mol. The van der Waals surface area contributed by atoms with Crippen LogP contribution in [0.5, 0.6) is 0 Å². The lowest BCUT2D eigenvalue weighted by atomic mass is 10.0. The minimum Gasteiger partial charge on any atom is -0.456 e. The summed E-state index contributed by atoms with van der Waals surface area (Å²) in [5, 5.41) is 6.36. The first-order chi connectivity index (χ1) is 7.65. The Kier molecular flexibility index (Phi) is 5.02. The van der Waals surface area contributed by atoms with Crippen LogP contribution in [0.2, 0.25) is 0 Å². The number of hydrogen-bond acceptors (Lipinski definition) is 3. The van der Waals surface area contributed by atoms with Gasteiger partial charge in [0.15, 0.2) is 5.76 Å². The topological polar surface area (TPSA) is 54.3 Å². The maximum Gasteiger partial charge on any atom is 0.287 e. The van der Waals surface area contributed by atoms with E-state index in [0.717, 1.165) is 25.1 Å². The Labute approximate surface area is 108 Å². The Bertz CT molecular complexity index is 378. The highest BCUT2D eigenvalue weighted by Gasteiger charge is 2.21. The molecule has 0 spiro atoms. The van der Waals surface area contributed by atoms with E-state index >= 15 is 0 Å². The van der Waals surface area contributed by atoms with Crippen LogP contribution in [0.3, 0.4) is 0 Å². The first-order valence-corrected chi connectivity index (χ1v) is 5.76. The average molecular weight is 259 g/mol. The fourth-order valence-electron chi connectivity index (χ4n) is 2.08. The number of amides is 1. The number of hydrogen-bond donors (Lipinski definition) is 2. The summed E-state index contributed by atoms with van der Waals surface area (Å²) in [6, 6.07) is 4.25. The molecule has 1 aromatic rings. The van der Waals surface area contributed by atoms with Gasteiger partial charge in [0.2, 0.25) is 0 Å². The fourth-order valence-corrected chi connectivity index (χ4v) is 2.08. The highest BCUT2D eigenvalue weighted by atomic mass is 35.5. The van der Waals surface area contributed by atoms with Gasteiger partial charge >= 0.3 is 0 Å². The molecule has 1 fully saturated rings. The molecule has 2 unspecified atom stereocenters. The van der Waals surface area contributed by atoms with Crippen LogP contribution in [-0.2, 0) is 0 Å². The Morgan fingerprint density at radius 3 is 2.88 bits per heavy atom. The van der Waals surface area contributed by atoms with Crippen molar-refractivity contribution in [2.75, 3.05) is 6.54 Å². The SMILES string of the molecule is Cc1ccc(C(=O)NC2CCNC(C)C2)o1.Cl. The zero-order chi connectivity index (χ0) is 11.5. The first kappa shape index (κ1) is 14.1. The van der Waals surface area contributed by atoms with Crippen molar-refractivity contribution >= 4 is 18.3 Å². The molecule has 2 rings (SSSR count). The predicted molar refractivity (Wildman–Crippen MR) is 68.6 cm³/mol. The number of furan rings is 1. The molecule has 1 amide bonds. The van der Waals surface area contributed by atoms with Gasteiger partial charge in [-0.05, 0) is 45.4 Å². The van der Waals surface area contributed by atoms with Crippen molar-refractivity contribution in [3.8, 4) is 0 Å². The van der Waals surface area contributed by atoms with Crippen LogP contribution in [0.4, 0.5) is 0 Å². The Balaban J connectivity index is 0.00000144. The lowest BCUT2D eigenvalue weighted by Gasteiger charge is -2.28. The molecule has 2 N–H and O–H groups in total. The molecule has 5 heteroatoms. The third-order valence-corrected chi connectivity index (χ3v) is 2.92. The molecule has 0 aliphatic carbocycles. The van der Waals surface area contributed by atoms with E-state index in [1.807, 2.05) is 6.92 Å². The van der Waals surface area contributed by atoms with Crippen LogP contribution in [0, 0.1) is 6.92 Å². The second kappa shape index (κ2) is 6.07. The zero-order valence-corrected chi connectivity index (χ0v) is 11.0. The second-order valence-corrected chi connectivity index (χ2v) is 4.46. The van der Waals surface area contributed by atoms with E-state index < -0.39 is 0 Å². The van der Waals surface area contributed by atoms with Crippen LogP contribution >= 0.6 is 12.4 Å². The summed E-state index contributed by atoms with van der Waals surface area (Å²) in [4.78, 5) is 11.8. The number of carbonyl (C=O) groups is 1. The van der Waals surface area contributed by atoms with Gasteiger partial charge in [-0.15, -0.1) is 12.4 Å². The van der Waals surface area contributed by atoms with E-state index in [-0.39, 0.29) is 24.4 Å². The number of carbonyl (C=O) groups excluding carboxylic acids is 1. The number of rotatable bonds is 2. The smallest absolute Gasteiger partial charge is 0.287 e. The van der Waals surface area contributed by atoms with E-state index in [4.69, 9.17) is 4.42 Å². The van der Waals surface area contributed by atoms with E-state index in [2.05, 4.69) is 17.6 Å². The van der Waals surface area contributed by atoms with Crippen molar-refractivity contribution < 1.29 is 9.21 Å². The molecule has 1 saturated heterocycles. The van der Waals surface area contributed by atoms with Gasteiger partial charge in [0, 0.05) is 12.1 Å². The third kappa shape index (κ3) is 3.75.